The van der Waals surface area contributed by atoms with E-state index < -0.39 is 21.7 Å². The van der Waals surface area contributed by atoms with Gasteiger partial charge in [-0.05, 0) is 51.0 Å². The molecule has 1 N–H and O–H groups in total. The molecular formula is C19H21ClN2O4S2. The molecule has 2 aromatic heterocycles. The molecule has 9 heteroatoms. The number of carbonyl (C=O) groups excluding carboxylic acids is 1. The van der Waals surface area contributed by atoms with Crippen molar-refractivity contribution in [2.24, 2.45) is 0 Å². The average Bonchev–Trinajstić information content (AvgIpc) is 3.18. The summed E-state index contributed by atoms with van der Waals surface area (Å²) in [4.78, 5) is 11.8. The second-order valence-corrected chi connectivity index (χ2v) is 11.0. The summed E-state index contributed by atoms with van der Waals surface area (Å²) in [5.41, 5.74) is 0.827. The smallest absolute Gasteiger partial charge is 0.407 e. The number of rotatable bonds is 5. The number of halogens is 1. The van der Waals surface area contributed by atoms with E-state index in [1.54, 1.807) is 45.2 Å². The van der Waals surface area contributed by atoms with Gasteiger partial charge in [0.1, 0.15) is 9.81 Å². The van der Waals surface area contributed by atoms with Crippen molar-refractivity contribution in [3.05, 3.63) is 52.5 Å². The zero-order valence-corrected chi connectivity index (χ0v) is 18.1. The van der Waals surface area contributed by atoms with Crippen LogP contribution in [-0.4, -0.2) is 30.6 Å². The molecule has 2 heterocycles. The summed E-state index contributed by atoms with van der Waals surface area (Å²) in [5, 5.41) is 3.52. The first-order chi connectivity index (χ1) is 13.1. The maximum Gasteiger partial charge on any atom is 0.407 e. The normalized spacial score (nSPS) is 12.3. The molecule has 0 radical (unpaired) electrons. The number of alkyl carbamates (subject to hydrolysis) is 1. The van der Waals surface area contributed by atoms with Crippen molar-refractivity contribution >= 4 is 50.0 Å². The molecule has 3 aromatic rings. The first kappa shape index (κ1) is 20.7. The van der Waals surface area contributed by atoms with Gasteiger partial charge in [-0.15, -0.1) is 11.3 Å². The minimum absolute atomic E-state index is 0.177. The Bertz CT molecular complexity index is 1110. The number of fused-ring (bicyclic) bond motifs is 1. The van der Waals surface area contributed by atoms with Gasteiger partial charge < -0.3 is 10.1 Å². The molecule has 0 aliphatic rings. The van der Waals surface area contributed by atoms with Crippen molar-refractivity contribution in [3.63, 3.8) is 0 Å². The number of nitrogens with zero attached hydrogens (tertiary/aromatic N) is 1. The summed E-state index contributed by atoms with van der Waals surface area (Å²) >= 11 is 6.93. The number of hydrogen-bond donors (Lipinski definition) is 1. The summed E-state index contributed by atoms with van der Waals surface area (Å²) in [6.07, 6.45) is 1.56. The molecule has 150 valence electrons. The standard InChI is InChI=1S/C19H21ClN2O4S2/c1-19(2,3)26-18(23)21-11-10-13-12-22(15-7-5-4-6-14(13)15)28(24,25)17-9-8-16(20)27-17/h4-9,12H,10-11H2,1-3H3,(H,21,23). The predicted octanol–water partition coefficient (Wildman–Crippen LogP) is 4.66. The molecule has 1 amide bonds. The van der Waals surface area contributed by atoms with Crippen LogP contribution in [0.2, 0.25) is 4.34 Å². The molecule has 3 rings (SSSR count). The Kier molecular flexibility index (Phi) is 5.74. The van der Waals surface area contributed by atoms with Crippen molar-refractivity contribution < 1.29 is 17.9 Å². The number of benzene rings is 1. The van der Waals surface area contributed by atoms with Crippen molar-refractivity contribution in [1.29, 1.82) is 0 Å². The van der Waals surface area contributed by atoms with E-state index >= 15 is 0 Å². The lowest BCUT2D eigenvalue weighted by atomic mass is 10.1. The van der Waals surface area contributed by atoms with E-state index in [0.717, 1.165) is 22.3 Å². The number of nitrogens with one attached hydrogen (secondary N) is 1. The lowest BCUT2D eigenvalue weighted by Gasteiger charge is -2.19. The summed E-state index contributed by atoms with van der Waals surface area (Å²) in [5.74, 6) is 0. The second-order valence-electron chi connectivity index (χ2n) is 7.21. The Hall–Kier alpha value is -2.03. The topological polar surface area (TPSA) is 77.4 Å². The first-order valence-electron chi connectivity index (χ1n) is 8.65. The number of carbonyl (C=O) groups is 1. The fourth-order valence-electron chi connectivity index (χ4n) is 2.76. The van der Waals surface area contributed by atoms with Gasteiger partial charge in [0.15, 0.2) is 0 Å². The molecule has 0 saturated carbocycles. The number of aromatic nitrogens is 1. The molecule has 28 heavy (non-hydrogen) atoms. The van der Waals surface area contributed by atoms with Gasteiger partial charge in [0.25, 0.3) is 10.0 Å². The average molecular weight is 441 g/mol. The Labute approximate surface area is 173 Å². The zero-order valence-electron chi connectivity index (χ0n) is 15.7. The van der Waals surface area contributed by atoms with Gasteiger partial charge in [0.05, 0.1) is 9.85 Å². The van der Waals surface area contributed by atoms with Crippen LogP contribution < -0.4 is 5.32 Å². The third-order valence-electron chi connectivity index (χ3n) is 3.88. The fraction of sp³-hybridized carbons (Fsp3) is 0.316. The van der Waals surface area contributed by atoms with Crippen LogP contribution in [0.15, 0.2) is 46.8 Å². The van der Waals surface area contributed by atoms with E-state index in [1.165, 1.54) is 10.0 Å². The van der Waals surface area contributed by atoms with Crippen LogP contribution in [0.5, 0.6) is 0 Å². The summed E-state index contributed by atoms with van der Waals surface area (Å²) in [7, 11) is -3.75. The number of hydrogen-bond acceptors (Lipinski definition) is 5. The zero-order chi connectivity index (χ0) is 20.5. The highest BCUT2D eigenvalue weighted by atomic mass is 35.5. The molecule has 0 saturated heterocycles. The first-order valence-corrected chi connectivity index (χ1v) is 11.3. The molecule has 0 fully saturated rings. The van der Waals surface area contributed by atoms with Crippen LogP contribution in [0.4, 0.5) is 4.79 Å². The molecular weight excluding hydrogens is 420 g/mol. The van der Waals surface area contributed by atoms with Crippen molar-refractivity contribution in [1.82, 2.24) is 9.29 Å². The lowest BCUT2D eigenvalue weighted by Crippen LogP contribution is -2.33. The molecule has 0 spiro atoms. The van der Waals surface area contributed by atoms with Crippen LogP contribution in [-0.2, 0) is 21.2 Å². The minimum atomic E-state index is -3.75. The fourth-order valence-corrected chi connectivity index (χ4v) is 5.73. The molecule has 1 aromatic carbocycles. The molecule has 0 bridgehead atoms. The van der Waals surface area contributed by atoms with Crippen LogP contribution in [0, 0.1) is 0 Å². The van der Waals surface area contributed by atoms with E-state index in [4.69, 9.17) is 16.3 Å². The van der Waals surface area contributed by atoms with E-state index in [1.807, 2.05) is 12.1 Å². The van der Waals surface area contributed by atoms with Crippen LogP contribution in [0.1, 0.15) is 26.3 Å². The summed E-state index contributed by atoms with van der Waals surface area (Å²) in [6.45, 7) is 5.71. The minimum Gasteiger partial charge on any atom is -0.444 e. The van der Waals surface area contributed by atoms with Gasteiger partial charge in [-0.1, -0.05) is 29.8 Å². The lowest BCUT2D eigenvalue weighted by molar-refractivity contribution is 0.0528. The van der Waals surface area contributed by atoms with Crippen molar-refractivity contribution in [3.8, 4) is 0 Å². The number of thiophene rings is 1. The van der Waals surface area contributed by atoms with Crippen LogP contribution in [0.25, 0.3) is 10.9 Å². The highest BCUT2D eigenvalue weighted by Crippen LogP contribution is 2.31. The SMILES string of the molecule is CC(C)(C)OC(=O)NCCc1cn(S(=O)(=O)c2ccc(Cl)s2)c2ccccc12. The van der Waals surface area contributed by atoms with Crippen LogP contribution >= 0.6 is 22.9 Å². The predicted molar refractivity (Wildman–Crippen MR) is 112 cm³/mol. The largest absolute Gasteiger partial charge is 0.444 e. The van der Waals surface area contributed by atoms with Gasteiger partial charge in [0, 0.05) is 18.1 Å². The molecule has 0 aliphatic heterocycles. The van der Waals surface area contributed by atoms with E-state index in [2.05, 4.69) is 5.32 Å². The third-order valence-corrected chi connectivity index (χ3v) is 7.26. The summed E-state index contributed by atoms with van der Waals surface area (Å²) in [6, 6.07) is 10.3. The third kappa shape index (κ3) is 4.51. The van der Waals surface area contributed by atoms with E-state index in [-0.39, 0.29) is 4.21 Å². The van der Waals surface area contributed by atoms with Gasteiger partial charge >= 0.3 is 6.09 Å². The highest BCUT2D eigenvalue weighted by Gasteiger charge is 2.23. The Balaban J connectivity index is 1.86. The van der Waals surface area contributed by atoms with Gasteiger partial charge in [-0.2, -0.15) is 8.42 Å². The van der Waals surface area contributed by atoms with Crippen LogP contribution in [0.3, 0.4) is 0 Å². The maximum absolute atomic E-state index is 13.0. The molecule has 0 atom stereocenters. The second kappa shape index (κ2) is 7.77. The van der Waals surface area contributed by atoms with E-state index in [0.29, 0.717) is 22.8 Å². The monoisotopic (exact) mass is 440 g/mol. The van der Waals surface area contributed by atoms with Gasteiger partial charge in [-0.25, -0.2) is 8.77 Å². The Morgan fingerprint density at radius 1 is 1.21 bits per heavy atom. The molecule has 6 nitrogen and oxygen atoms in total. The number of amides is 1. The Morgan fingerprint density at radius 2 is 1.93 bits per heavy atom. The maximum atomic E-state index is 13.0. The quantitative estimate of drug-likeness (QED) is 0.625. The highest BCUT2D eigenvalue weighted by molar-refractivity contribution is 7.92. The van der Waals surface area contributed by atoms with Gasteiger partial charge in [0.2, 0.25) is 0 Å². The Morgan fingerprint density at radius 3 is 2.57 bits per heavy atom. The molecule has 0 aliphatic carbocycles. The number of ether oxygens (including phenoxy) is 1. The van der Waals surface area contributed by atoms with Gasteiger partial charge in [-0.3, -0.25) is 0 Å². The van der Waals surface area contributed by atoms with Crippen molar-refractivity contribution in [2.75, 3.05) is 6.54 Å². The van der Waals surface area contributed by atoms with Crippen molar-refractivity contribution in [2.45, 2.75) is 37.0 Å². The van der Waals surface area contributed by atoms with E-state index in [9.17, 15) is 13.2 Å². The molecule has 0 unspecified atom stereocenters. The summed E-state index contributed by atoms with van der Waals surface area (Å²) < 4.78 is 33.2. The number of para-hydroxylation sites is 1.